The summed E-state index contributed by atoms with van der Waals surface area (Å²) in [7, 11) is 0. The minimum atomic E-state index is 0.00625. The fourth-order valence-electron chi connectivity index (χ4n) is 1.78. The molecule has 0 atom stereocenters. The average molecular weight is 243 g/mol. The van der Waals surface area contributed by atoms with Crippen LogP contribution in [-0.4, -0.2) is 20.4 Å². The predicted molar refractivity (Wildman–Crippen MR) is 65.5 cm³/mol. The molecular weight excluding hydrogens is 234 g/mol. The topological polar surface area (TPSA) is 47.3 Å². The number of ketones is 1. The van der Waals surface area contributed by atoms with Crippen molar-refractivity contribution in [3.63, 3.8) is 0 Å². The molecular formula is C12H9N3OS. The third-order valence-electron chi connectivity index (χ3n) is 2.67. The Morgan fingerprint density at radius 3 is 3.00 bits per heavy atom. The van der Waals surface area contributed by atoms with Gasteiger partial charge in [0.15, 0.2) is 5.78 Å². The molecule has 3 aromatic heterocycles. The van der Waals surface area contributed by atoms with Crippen LogP contribution in [0, 0.1) is 6.92 Å². The molecule has 4 nitrogen and oxygen atoms in total. The Labute approximate surface area is 102 Å². The maximum absolute atomic E-state index is 12.3. The maximum atomic E-state index is 12.3. The van der Waals surface area contributed by atoms with Gasteiger partial charge < -0.3 is 0 Å². The van der Waals surface area contributed by atoms with E-state index in [-0.39, 0.29) is 5.78 Å². The van der Waals surface area contributed by atoms with Gasteiger partial charge in [-0.3, -0.25) is 9.78 Å². The molecule has 0 N–H and O–H groups in total. The van der Waals surface area contributed by atoms with Crippen LogP contribution >= 0.6 is 11.3 Å². The van der Waals surface area contributed by atoms with E-state index in [1.807, 2.05) is 18.4 Å². The van der Waals surface area contributed by atoms with E-state index >= 15 is 0 Å². The van der Waals surface area contributed by atoms with E-state index in [1.54, 1.807) is 40.6 Å². The fraction of sp³-hybridized carbons (Fsp3) is 0.0833. The number of aryl methyl sites for hydroxylation is 1. The van der Waals surface area contributed by atoms with Crippen molar-refractivity contribution < 1.29 is 4.79 Å². The van der Waals surface area contributed by atoms with E-state index in [9.17, 15) is 4.79 Å². The van der Waals surface area contributed by atoms with Crippen molar-refractivity contribution in [3.8, 4) is 0 Å². The van der Waals surface area contributed by atoms with Crippen molar-refractivity contribution in [3.05, 3.63) is 52.2 Å². The summed E-state index contributed by atoms with van der Waals surface area (Å²) in [6.07, 6.45) is 6.62. The van der Waals surface area contributed by atoms with Crippen LogP contribution in [-0.2, 0) is 0 Å². The van der Waals surface area contributed by atoms with Crippen molar-refractivity contribution in [2.45, 2.75) is 6.92 Å². The number of carbonyl (C=O) groups is 1. The molecule has 0 aliphatic carbocycles. The van der Waals surface area contributed by atoms with Gasteiger partial charge in [-0.15, -0.1) is 11.3 Å². The quantitative estimate of drug-likeness (QED) is 0.649. The highest BCUT2D eigenvalue weighted by Crippen LogP contribution is 2.21. The van der Waals surface area contributed by atoms with E-state index in [1.165, 1.54) is 0 Å². The Bertz CT molecular complexity index is 698. The van der Waals surface area contributed by atoms with Crippen LogP contribution in [0.15, 0.2) is 36.2 Å². The SMILES string of the molecule is Cc1sccc1C(=O)c1cnn2ccncc12. The highest BCUT2D eigenvalue weighted by Gasteiger charge is 2.17. The number of aromatic nitrogens is 3. The molecule has 0 unspecified atom stereocenters. The Balaban J connectivity index is 2.17. The van der Waals surface area contributed by atoms with Crippen LogP contribution in [0.4, 0.5) is 0 Å². The number of carbonyl (C=O) groups excluding carboxylic acids is 1. The summed E-state index contributed by atoms with van der Waals surface area (Å²) in [6.45, 7) is 1.95. The minimum absolute atomic E-state index is 0.00625. The van der Waals surface area contributed by atoms with Gasteiger partial charge in [0.05, 0.1) is 23.5 Å². The van der Waals surface area contributed by atoms with Crippen LogP contribution in [0.3, 0.4) is 0 Å². The molecule has 3 rings (SSSR count). The first-order valence-electron chi connectivity index (χ1n) is 5.13. The first-order chi connectivity index (χ1) is 8.27. The first-order valence-corrected chi connectivity index (χ1v) is 6.01. The number of hydrogen-bond donors (Lipinski definition) is 0. The highest BCUT2D eigenvalue weighted by atomic mass is 32.1. The standard InChI is InChI=1S/C12H9N3OS/c1-8-9(2-5-17-8)12(16)10-6-14-15-4-3-13-7-11(10)15/h2-7H,1H3. The van der Waals surface area contributed by atoms with Gasteiger partial charge in [-0.05, 0) is 18.4 Å². The van der Waals surface area contributed by atoms with E-state index in [2.05, 4.69) is 10.1 Å². The number of thiophene rings is 1. The molecule has 0 aromatic carbocycles. The van der Waals surface area contributed by atoms with Crippen molar-refractivity contribution in [2.75, 3.05) is 0 Å². The number of hydrogen-bond acceptors (Lipinski definition) is 4. The van der Waals surface area contributed by atoms with Gasteiger partial charge in [-0.2, -0.15) is 5.10 Å². The van der Waals surface area contributed by atoms with Crippen LogP contribution in [0.2, 0.25) is 0 Å². The van der Waals surface area contributed by atoms with Crippen LogP contribution in [0.5, 0.6) is 0 Å². The van der Waals surface area contributed by atoms with Gasteiger partial charge in [0.25, 0.3) is 0 Å². The zero-order chi connectivity index (χ0) is 11.8. The molecule has 17 heavy (non-hydrogen) atoms. The summed E-state index contributed by atoms with van der Waals surface area (Å²) >= 11 is 1.57. The van der Waals surface area contributed by atoms with Crippen molar-refractivity contribution in [1.82, 2.24) is 14.6 Å². The average Bonchev–Trinajstić information content (AvgIpc) is 2.94. The number of rotatable bonds is 2. The molecule has 3 heterocycles. The molecule has 0 aliphatic heterocycles. The molecule has 0 fully saturated rings. The summed E-state index contributed by atoms with van der Waals surface area (Å²) in [6, 6.07) is 1.85. The van der Waals surface area contributed by atoms with Gasteiger partial charge in [-0.1, -0.05) is 0 Å². The lowest BCUT2D eigenvalue weighted by atomic mass is 10.1. The van der Waals surface area contributed by atoms with Gasteiger partial charge in [0, 0.05) is 22.8 Å². The molecule has 0 spiro atoms. The Hall–Kier alpha value is -2.01. The Morgan fingerprint density at radius 1 is 1.35 bits per heavy atom. The van der Waals surface area contributed by atoms with Crippen molar-refractivity contribution >= 4 is 22.6 Å². The van der Waals surface area contributed by atoms with Crippen LogP contribution < -0.4 is 0 Å². The van der Waals surface area contributed by atoms with Gasteiger partial charge in [0.1, 0.15) is 0 Å². The van der Waals surface area contributed by atoms with Crippen LogP contribution in [0.1, 0.15) is 20.8 Å². The summed E-state index contributed by atoms with van der Waals surface area (Å²) < 4.78 is 1.65. The van der Waals surface area contributed by atoms with E-state index in [4.69, 9.17) is 0 Å². The largest absolute Gasteiger partial charge is 0.288 e. The Morgan fingerprint density at radius 2 is 2.24 bits per heavy atom. The molecule has 0 amide bonds. The molecule has 0 aliphatic rings. The number of nitrogens with zero attached hydrogens (tertiary/aromatic N) is 3. The number of fused-ring (bicyclic) bond motifs is 1. The second-order valence-electron chi connectivity index (χ2n) is 3.68. The Kier molecular flexibility index (Phi) is 2.26. The third-order valence-corrected chi connectivity index (χ3v) is 3.52. The molecule has 0 radical (unpaired) electrons. The lowest BCUT2D eigenvalue weighted by Gasteiger charge is -1.97. The van der Waals surface area contributed by atoms with E-state index in [0.717, 1.165) is 16.0 Å². The predicted octanol–water partition coefficient (Wildman–Crippen LogP) is 2.33. The van der Waals surface area contributed by atoms with E-state index < -0.39 is 0 Å². The normalized spacial score (nSPS) is 10.9. The summed E-state index contributed by atoms with van der Waals surface area (Å²) in [5.74, 6) is 0.00625. The minimum Gasteiger partial charge on any atom is -0.288 e. The molecule has 5 heteroatoms. The molecule has 0 bridgehead atoms. The monoisotopic (exact) mass is 243 g/mol. The highest BCUT2D eigenvalue weighted by molar-refractivity contribution is 7.10. The molecule has 84 valence electrons. The second kappa shape index (κ2) is 3.78. The van der Waals surface area contributed by atoms with Crippen molar-refractivity contribution in [2.24, 2.45) is 0 Å². The van der Waals surface area contributed by atoms with Gasteiger partial charge in [-0.25, -0.2) is 4.52 Å². The summed E-state index contributed by atoms with van der Waals surface area (Å²) in [5, 5.41) is 6.06. The van der Waals surface area contributed by atoms with Crippen molar-refractivity contribution in [1.29, 1.82) is 0 Å². The van der Waals surface area contributed by atoms with Gasteiger partial charge >= 0.3 is 0 Å². The summed E-state index contributed by atoms with van der Waals surface area (Å²) in [4.78, 5) is 17.4. The lowest BCUT2D eigenvalue weighted by molar-refractivity contribution is 0.104. The molecule has 0 saturated carbocycles. The lowest BCUT2D eigenvalue weighted by Crippen LogP contribution is -2.01. The van der Waals surface area contributed by atoms with E-state index in [0.29, 0.717) is 5.56 Å². The summed E-state index contributed by atoms with van der Waals surface area (Å²) in [5.41, 5.74) is 2.08. The molecule has 0 saturated heterocycles. The van der Waals surface area contributed by atoms with Crippen LogP contribution in [0.25, 0.3) is 5.52 Å². The maximum Gasteiger partial charge on any atom is 0.197 e. The molecule has 3 aromatic rings. The zero-order valence-corrected chi connectivity index (χ0v) is 9.94. The third kappa shape index (κ3) is 1.55. The zero-order valence-electron chi connectivity index (χ0n) is 9.12. The van der Waals surface area contributed by atoms with Gasteiger partial charge in [0.2, 0.25) is 0 Å². The fourth-order valence-corrected chi connectivity index (χ4v) is 2.47. The smallest absolute Gasteiger partial charge is 0.197 e. The second-order valence-corrected chi connectivity index (χ2v) is 4.80. The first kappa shape index (κ1) is 10.2.